The fourth-order valence-corrected chi connectivity index (χ4v) is 0.985. The lowest BCUT2D eigenvalue weighted by Crippen LogP contribution is -2.22. The van der Waals surface area contributed by atoms with E-state index in [1.165, 1.54) is 0 Å². The van der Waals surface area contributed by atoms with Crippen molar-refractivity contribution in [3.8, 4) is 0 Å². The van der Waals surface area contributed by atoms with Gasteiger partial charge in [-0.3, -0.25) is 4.79 Å². The minimum Gasteiger partial charge on any atom is -0.444 e. The second kappa shape index (κ2) is 5.39. The lowest BCUT2D eigenvalue weighted by Gasteiger charge is -2.00. The number of amides is 1. The maximum Gasteiger partial charge on any atom is 0.220 e. The van der Waals surface area contributed by atoms with E-state index in [9.17, 15) is 4.79 Å². The molecule has 14 heavy (non-hydrogen) atoms. The van der Waals surface area contributed by atoms with Crippen LogP contribution in [0, 0.1) is 6.92 Å². The molecule has 1 amide bonds. The molecule has 0 aliphatic heterocycles. The number of aliphatic hydroxyl groups excluding tert-OH is 1. The lowest BCUT2D eigenvalue weighted by atomic mass is 10.3. The molecule has 0 aromatic carbocycles. The van der Waals surface area contributed by atoms with Gasteiger partial charge in [0.2, 0.25) is 11.8 Å². The number of aryl methyl sites for hydroxylation is 1. The van der Waals surface area contributed by atoms with Crippen LogP contribution in [0.1, 0.15) is 24.5 Å². The van der Waals surface area contributed by atoms with Crippen molar-refractivity contribution < 1.29 is 14.3 Å². The molecule has 78 valence electrons. The van der Waals surface area contributed by atoms with Gasteiger partial charge in [-0.1, -0.05) is 0 Å². The van der Waals surface area contributed by atoms with Crippen LogP contribution in [-0.4, -0.2) is 22.6 Å². The summed E-state index contributed by atoms with van der Waals surface area (Å²) in [7, 11) is 0. The molecule has 0 aliphatic carbocycles. The van der Waals surface area contributed by atoms with Gasteiger partial charge in [-0.15, -0.1) is 0 Å². The average molecular weight is 198 g/mol. The highest BCUT2D eigenvalue weighted by molar-refractivity contribution is 5.75. The molecule has 5 heteroatoms. The van der Waals surface area contributed by atoms with Crippen LogP contribution in [-0.2, 0) is 11.3 Å². The molecule has 0 fully saturated rings. The van der Waals surface area contributed by atoms with Crippen molar-refractivity contribution in [3.05, 3.63) is 17.8 Å². The smallest absolute Gasteiger partial charge is 0.220 e. The van der Waals surface area contributed by atoms with Crippen LogP contribution in [0.5, 0.6) is 0 Å². The van der Waals surface area contributed by atoms with E-state index < -0.39 is 0 Å². The highest BCUT2D eigenvalue weighted by atomic mass is 16.4. The number of hydrogen-bond donors (Lipinski definition) is 2. The Bertz CT molecular complexity index is 296. The summed E-state index contributed by atoms with van der Waals surface area (Å²) < 4.78 is 5.16. The summed E-state index contributed by atoms with van der Waals surface area (Å²) in [5, 5.41) is 11.1. The maximum atomic E-state index is 11.1. The molecule has 0 atom stereocenters. The van der Waals surface area contributed by atoms with Gasteiger partial charge >= 0.3 is 0 Å². The van der Waals surface area contributed by atoms with E-state index in [4.69, 9.17) is 9.52 Å². The van der Waals surface area contributed by atoms with Crippen LogP contribution in [0.4, 0.5) is 0 Å². The first-order chi connectivity index (χ1) is 6.72. The van der Waals surface area contributed by atoms with Crippen molar-refractivity contribution >= 4 is 5.91 Å². The van der Waals surface area contributed by atoms with Gasteiger partial charge in [0.1, 0.15) is 5.76 Å². The van der Waals surface area contributed by atoms with Crippen molar-refractivity contribution in [2.24, 2.45) is 0 Å². The Hall–Kier alpha value is -1.36. The van der Waals surface area contributed by atoms with E-state index in [0.717, 1.165) is 5.76 Å². The quantitative estimate of drug-likeness (QED) is 0.716. The molecule has 1 aromatic rings. The number of carbonyl (C=O) groups is 1. The molecule has 2 N–H and O–H groups in total. The fourth-order valence-electron chi connectivity index (χ4n) is 0.985. The third-order valence-corrected chi connectivity index (χ3v) is 1.67. The van der Waals surface area contributed by atoms with Crippen LogP contribution in [0.15, 0.2) is 10.6 Å². The molecular weight excluding hydrogens is 184 g/mol. The van der Waals surface area contributed by atoms with Gasteiger partial charge in [-0.2, -0.15) is 0 Å². The monoisotopic (exact) mass is 198 g/mol. The number of hydrogen-bond acceptors (Lipinski definition) is 4. The Morgan fingerprint density at radius 1 is 1.71 bits per heavy atom. The van der Waals surface area contributed by atoms with Crippen molar-refractivity contribution in [1.29, 1.82) is 0 Å². The minimum absolute atomic E-state index is 0.0333. The zero-order chi connectivity index (χ0) is 10.4. The summed E-state index contributed by atoms with van der Waals surface area (Å²) in [6.45, 7) is 2.13. The highest BCUT2D eigenvalue weighted by Gasteiger charge is 2.03. The van der Waals surface area contributed by atoms with Gasteiger partial charge in [0.15, 0.2) is 0 Å². The molecule has 1 heterocycles. The molecule has 0 aliphatic rings. The number of nitrogens with zero attached hydrogens (tertiary/aromatic N) is 1. The Labute approximate surface area is 82.1 Å². The van der Waals surface area contributed by atoms with Gasteiger partial charge in [-0.25, -0.2) is 4.98 Å². The summed E-state index contributed by atoms with van der Waals surface area (Å²) in [5.74, 6) is 1.12. The molecule has 5 nitrogen and oxygen atoms in total. The summed E-state index contributed by atoms with van der Waals surface area (Å²) in [4.78, 5) is 15.0. The third kappa shape index (κ3) is 3.57. The molecule has 0 saturated carbocycles. The van der Waals surface area contributed by atoms with Gasteiger partial charge in [0.25, 0.3) is 0 Å². The number of carbonyl (C=O) groups excluding carboxylic acids is 1. The van der Waals surface area contributed by atoms with Crippen molar-refractivity contribution in [2.75, 3.05) is 6.61 Å². The first-order valence-corrected chi connectivity index (χ1v) is 4.51. The lowest BCUT2D eigenvalue weighted by molar-refractivity contribution is -0.121. The summed E-state index contributed by atoms with van der Waals surface area (Å²) in [6.07, 6.45) is 2.42. The van der Waals surface area contributed by atoms with Crippen molar-refractivity contribution in [1.82, 2.24) is 10.3 Å². The first kappa shape index (κ1) is 10.7. The second-order valence-electron chi connectivity index (χ2n) is 2.97. The average Bonchev–Trinajstić information content (AvgIpc) is 2.58. The Kier molecular flexibility index (Phi) is 4.12. The molecule has 0 unspecified atom stereocenters. The largest absolute Gasteiger partial charge is 0.444 e. The Morgan fingerprint density at radius 3 is 3.07 bits per heavy atom. The maximum absolute atomic E-state index is 11.1. The molecule has 0 saturated heterocycles. The van der Waals surface area contributed by atoms with Crippen LogP contribution in [0.25, 0.3) is 0 Å². The number of aliphatic hydroxyl groups is 1. The van der Waals surface area contributed by atoms with Crippen LogP contribution < -0.4 is 5.32 Å². The molecular formula is C9H14N2O3. The number of nitrogens with one attached hydrogen (secondary N) is 1. The summed E-state index contributed by atoms with van der Waals surface area (Å²) in [6, 6.07) is 0. The zero-order valence-electron chi connectivity index (χ0n) is 8.12. The SMILES string of the molecule is Cc1cnc(CNC(=O)CCCO)o1. The van der Waals surface area contributed by atoms with E-state index in [-0.39, 0.29) is 12.5 Å². The van der Waals surface area contributed by atoms with E-state index in [0.29, 0.717) is 25.3 Å². The minimum atomic E-state index is -0.102. The molecule has 0 radical (unpaired) electrons. The third-order valence-electron chi connectivity index (χ3n) is 1.67. The molecule has 1 rings (SSSR count). The second-order valence-corrected chi connectivity index (χ2v) is 2.97. The normalized spacial score (nSPS) is 10.1. The van der Waals surface area contributed by atoms with E-state index in [2.05, 4.69) is 10.3 Å². The molecule has 1 aromatic heterocycles. The number of rotatable bonds is 5. The fraction of sp³-hybridized carbons (Fsp3) is 0.556. The zero-order valence-corrected chi connectivity index (χ0v) is 8.12. The van der Waals surface area contributed by atoms with Crippen LogP contribution in [0.3, 0.4) is 0 Å². The van der Waals surface area contributed by atoms with E-state index >= 15 is 0 Å². The van der Waals surface area contributed by atoms with Gasteiger partial charge < -0.3 is 14.8 Å². The molecule has 0 spiro atoms. The number of aromatic nitrogens is 1. The predicted octanol–water partition coefficient (Wildman–Crippen LogP) is 0.372. The standard InChI is InChI=1S/C9H14N2O3/c1-7-5-11-9(14-7)6-10-8(13)3-2-4-12/h5,12H,2-4,6H2,1H3,(H,10,13). The predicted molar refractivity (Wildman–Crippen MR) is 49.4 cm³/mol. The van der Waals surface area contributed by atoms with Gasteiger partial charge in [-0.05, 0) is 13.3 Å². The van der Waals surface area contributed by atoms with Crippen molar-refractivity contribution in [2.45, 2.75) is 26.3 Å². The summed E-state index contributed by atoms with van der Waals surface area (Å²) in [5.41, 5.74) is 0. The van der Waals surface area contributed by atoms with Crippen LogP contribution in [0.2, 0.25) is 0 Å². The van der Waals surface area contributed by atoms with Gasteiger partial charge in [0.05, 0.1) is 12.7 Å². The summed E-state index contributed by atoms with van der Waals surface area (Å²) >= 11 is 0. The van der Waals surface area contributed by atoms with E-state index in [1.807, 2.05) is 0 Å². The Morgan fingerprint density at radius 2 is 2.50 bits per heavy atom. The Balaban J connectivity index is 2.23. The topological polar surface area (TPSA) is 75.4 Å². The van der Waals surface area contributed by atoms with E-state index in [1.54, 1.807) is 13.1 Å². The molecule has 0 bridgehead atoms. The van der Waals surface area contributed by atoms with Crippen molar-refractivity contribution in [3.63, 3.8) is 0 Å². The van der Waals surface area contributed by atoms with Gasteiger partial charge in [0, 0.05) is 13.0 Å². The number of oxazole rings is 1. The highest BCUT2D eigenvalue weighted by Crippen LogP contribution is 2.00. The van der Waals surface area contributed by atoms with Crippen LogP contribution >= 0.6 is 0 Å². The first-order valence-electron chi connectivity index (χ1n) is 4.51.